The van der Waals surface area contributed by atoms with E-state index in [1.165, 1.54) is 0 Å². The first-order valence-corrected chi connectivity index (χ1v) is 10.8. The van der Waals surface area contributed by atoms with Gasteiger partial charge in [0.05, 0.1) is 28.1 Å². The lowest BCUT2D eigenvalue weighted by atomic mass is 9.81. The molecule has 3 heterocycles. The first-order valence-electron chi connectivity index (χ1n) is 10.4. The third-order valence-electron chi connectivity index (χ3n) is 5.84. The summed E-state index contributed by atoms with van der Waals surface area (Å²) in [6.45, 7) is 0.251. The Balaban J connectivity index is 1.52. The minimum Gasteiger partial charge on any atom is -0.472 e. The van der Waals surface area contributed by atoms with Crippen LogP contribution in [0.15, 0.2) is 98.5 Å². The third kappa shape index (κ3) is 3.18. The molecular weight excluding hydrogens is 440 g/mol. The first-order chi connectivity index (χ1) is 16.1. The lowest BCUT2D eigenvalue weighted by Gasteiger charge is -2.32. The third-order valence-corrected chi connectivity index (χ3v) is 6.09. The van der Waals surface area contributed by atoms with Gasteiger partial charge >= 0.3 is 5.63 Å². The van der Waals surface area contributed by atoms with Gasteiger partial charge in [-0.05, 0) is 41.5 Å². The molecule has 2 aliphatic heterocycles. The van der Waals surface area contributed by atoms with Crippen LogP contribution in [0.5, 0.6) is 5.75 Å². The Morgan fingerprint density at radius 3 is 2.61 bits per heavy atom. The smallest absolute Gasteiger partial charge is 0.344 e. The molecule has 0 saturated heterocycles. The molecule has 3 aromatic carbocycles. The van der Waals surface area contributed by atoms with Crippen LogP contribution in [0.3, 0.4) is 0 Å². The van der Waals surface area contributed by atoms with Gasteiger partial charge in [0.25, 0.3) is 0 Å². The predicted octanol–water partition coefficient (Wildman–Crippen LogP) is 5.40. The second-order valence-corrected chi connectivity index (χ2v) is 8.27. The van der Waals surface area contributed by atoms with Crippen LogP contribution in [0.2, 0.25) is 5.02 Å². The van der Waals surface area contributed by atoms with E-state index in [1.807, 2.05) is 48.5 Å². The molecule has 33 heavy (non-hydrogen) atoms. The zero-order chi connectivity index (χ0) is 22.5. The van der Waals surface area contributed by atoms with Crippen LogP contribution in [-0.2, 0) is 11.3 Å². The van der Waals surface area contributed by atoms with Crippen molar-refractivity contribution in [1.29, 1.82) is 0 Å². The number of nitrogens with two attached hydrogens (primary N) is 1. The number of aliphatic imine (C=N–C) groups is 1. The maximum Gasteiger partial charge on any atom is 0.344 e. The summed E-state index contributed by atoms with van der Waals surface area (Å²) in [6.07, 6.45) is 0. The van der Waals surface area contributed by atoms with Gasteiger partial charge in [-0.2, -0.15) is 0 Å². The molecule has 7 heteroatoms. The molecule has 1 unspecified atom stereocenters. The summed E-state index contributed by atoms with van der Waals surface area (Å²) in [5.41, 5.74) is 9.73. The Bertz CT molecular complexity index is 1540. The molecule has 0 aliphatic carbocycles. The van der Waals surface area contributed by atoms with Gasteiger partial charge in [-0.3, -0.25) is 0 Å². The molecule has 0 bridgehead atoms. The Hall–Kier alpha value is -4.03. The minimum absolute atomic E-state index is 0.146. The van der Waals surface area contributed by atoms with Crippen LogP contribution < -0.4 is 16.1 Å². The normalized spacial score (nSPS) is 16.4. The number of para-hydroxylation sites is 2. The van der Waals surface area contributed by atoms with E-state index >= 15 is 0 Å². The van der Waals surface area contributed by atoms with Crippen molar-refractivity contribution in [3.8, 4) is 5.75 Å². The lowest BCUT2D eigenvalue weighted by molar-refractivity contribution is 0.285. The van der Waals surface area contributed by atoms with Crippen molar-refractivity contribution in [2.75, 3.05) is 0 Å². The van der Waals surface area contributed by atoms with Crippen LogP contribution >= 0.6 is 11.6 Å². The number of hydrogen-bond donors (Lipinski definition) is 1. The minimum atomic E-state index is -0.525. The summed E-state index contributed by atoms with van der Waals surface area (Å²) in [5.74, 6) is 0.336. The molecule has 0 fully saturated rings. The number of benzene rings is 3. The second-order valence-electron chi connectivity index (χ2n) is 7.83. The molecule has 2 N–H and O–H groups in total. The molecule has 0 amide bonds. The molecule has 6 rings (SSSR count). The van der Waals surface area contributed by atoms with Crippen molar-refractivity contribution >= 4 is 34.2 Å². The van der Waals surface area contributed by atoms with Gasteiger partial charge in [-0.15, -0.1) is 0 Å². The summed E-state index contributed by atoms with van der Waals surface area (Å²) in [6, 6.07) is 22.2. The molecule has 4 aromatic rings. The molecule has 0 spiro atoms. The van der Waals surface area contributed by atoms with Crippen molar-refractivity contribution < 1.29 is 13.9 Å². The van der Waals surface area contributed by atoms with E-state index in [0.717, 1.165) is 11.1 Å². The van der Waals surface area contributed by atoms with Gasteiger partial charge in [-0.25, -0.2) is 9.79 Å². The molecular formula is C26H17ClN2O4. The maximum atomic E-state index is 13.2. The van der Waals surface area contributed by atoms with Crippen molar-refractivity contribution in [2.45, 2.75) is 12.5 Å². The van der Waals surface area contributed by atoms with E-state index in [-0.39, 0.29) is 12.5 Å². The number of fused-ring (bicyclic) bond motifs is 7. The highest BCUT2D eigenvalue weighted by Gasteiger charge is 2.41. The fraction of sp³-hybridized carbons (Fsp3) is 0.0769. The van der Waals surface area contributed by atoms with Crippen LogP contribution in [0.4, 0.5) is 5.69 Å². The van der Waals surface area contributed by atoms with Gasteiger partial charge < -0.3 is 19.6 Å². The zero-order valence-electron chi connectivity index (χ0n) is 17.2. The van der Waals surface area contributed by atoms with Crippen LogP contribution in [0.25, 0.3) is 11.0 Å². The highest BCUT2D eigenvalue weighted by atomic mass is 35.5. The number of rotatable bonds is 2. The van der Waals surface area contributed by atoms with E-state index in [1.54, 1.807) is 24.3 Å². The number of hydrogen-bond acceptors (Lipinski definition) is 6. The van der Waals surface area contributed by atoms with Gasteiger partial charge in [0.2, 0.25) is 11.8 Å². The SMILES string of the molecule is NC1=C2C(OCc3ccc(Cl)cc3)=Nc3ccccc3C2c2c(c3ccccc3oc2=O)O1. The standard InChI is InChI=1S/C26H17ClN2O4/c27-15-11-9-14(10-12-15)13-31-25-22-20(16-5-1-3-7-18(16)29-25)21-23(33-24(22)28)17-6-2-4-8-19(17)32-26(21)30/h1-12,20H,13,28H2. The highest BCUT2D eigenvalue weighted by Crippen LogP contribution is 2.49. The Morgan fingerprint density at radius 1 is 1.00 bits per heavy atom. The average molecular weight is 457 g/mol. The number of halogens is 1. The summed E-state index contributed by atoms with van der Waals surface area (Å²) in [4.78, 5) is 17.9. The van der Waals surface area contributed by atoms with Crippen LogP contribution in [0.1, 0.15) is 22.6 Å². The van der Waals surface area contributed by atoms with Gasteiger partial charge in [-0.1, -0.05) is 54.1 Å². The van der Waals surface area contributed by atoms with Crippen molar-refractivity contribution in [2.24, 2.45) is 10.7 Å². The van der Waals surface area contributed by atoms with E-state index in [0.29, 0.717) is 44.5 Å². The van der Waals surface area contributed by atoms with Crippen LogP contribution in [-0.4, -0.2) is 5.90 Å². The molecule has 0 saturated carbocycles. The van der Waals surface area contributed by atoms with Crippen molar-refractivity contribution in [1.82, 2.24) is 0 Å². The van der Waals surface area contributed by atoms with Gasteiger partial charge in [0, 0.05) is 5.02 Å². The number of nitrogens with zero attached hydrogens (tertiary/aromatic N) is 1. The maximum absolute atomic E-state index is 13.2. The van der Waals surface area contributed by atoms with E-state index < -0.39 is 11.5 Å². The monoisotopic (exact) mass is 456 g/mol. The first kappa shape index (κ1) is 19.6. The average Bonchev–Trinajstić information content (AvgIpc) is 2.83. The summed E-state index contributed by atoms with van der Waals surface area (Å²) in [7, 11) is 0. The Labute approximate surface area is 193 Å². The van der Waals surface area contributed by atoms with E-state index in [2.05, 4.69) is 0 Å². The predicted molar refractivity (Wildman–Crippen MR) is 126 cm³/mol. The molecule has 2 aliphatic rings. The van der Waals surface area contributed by atoms with Crippen molar-refractivity contribution in [3.05, 3.63) is 116 Å². The van der Waals surface area contributed by atoms with Crippen LogP contribution in [0, 0.1) is 0 Å². The van der Waals surface area contributed by atoms with Crippen molar-refractivity contribution in [3.63, 3.8) is 0 Å². The molecule has 0 radical (unpaired) electrons. The largest absolute Gasteiger partial charge is 0.472 e. The fourth-order valence-electron chi connectivity index (χ4n) is 4.33. The lowest BCUT2D eigenvalue weighted by Crippen LogP contribution is -2.32. The molecule has 162 valence electrons. The highest BCUT2D eigenvalue weighted by molar-refractivity contribution is 6.30. The van der Waals surface area contributed by atoms with E-state index in [4.69, 9.17) is 36.2 Å². The molecule has 1 atom stereocenters. The summed E-state index contributed by atoms with van der Waals surface area (Å²) in [5, 5.41) is 1.32. The topological polar surface area (TPSA) is 87.0 Å². The quantitative estimate of drug-likeness (QED) is 0.408. The van der Waals surface area contributed by atoms with Gasteiger partial charge in [0.1, 0.15) is 12.2 Å². The Kier molecular flexibility index (Phi) is 4.48. The van der Waals surface area contributed by atoms with Gasteiger partial charge in [0.15, 0.2) is 5.75 Å². The van der Waals surface area contributed by atoms with E-state index in [9.17, 15) is 4.79 Å². The molecule has 6 nitrogen and oxygen atoms in total. The summed E-state index contributed by atoms with van der Waals surface area (Å²) < 4.78 is 17.8. The molecule has 1 aromatic heterocycles. The number of ether oxygens (including phenoxy) is 2. The summed E-state index contributed by atoms with van der Waals surface area (Å²) >= 11 is 5.99. The zero-order valence-corrected chi connectivity index (χ0v) is 18.0. The Morgan fingerprint density at radius 2 is 1.76 bits per heavy atom. The fourth-order valence-corrected chi connectivity index (χ4v) is 4.46. The second kappa shape index (κ2) is 7.53.